The van der Waals surface area contributed by atoms with Crippen molar-refractivity contribution in [1.29, 1.82) is 0 Å². The summed E-state index contributed by atoms with van der Waals surface area (Å²) in [5.41, 5.74) is 6.30. The van der Waals surface area contributed by atoms with Gasteiger partial charge in [0, 0.05) is 13.2 Å². The smallest absolute Gasteiger partial charge is 0.331 e. The van der Waals surface area contributed by atoms with Crippen LogP contribution in [-0.2, 0) is 19.0 Å². The second kappa shape index (κ2) is 13.5. The summed E-state index contributed by atoms with van der Waals surface area (Å²) < 4.78 is 20.9. The van der Waals surface area contributed by atoms with Gasteiger partial charge in [0.05, 0.1) is 7.11 Å². The molecular weight excluding hydrogens is 464 g/mol. The molecule has 1 saturated heterocycles. The average molecular weight is 503 g/mol. The Morgan fingerprint density at radius 1 is 1.00 bits per heavy atom. The molecule has 0 spiro atoms. The van der Waals surface area contributed by atoms with E-state index in [0.29, 0.717) is 5.57 Å². The second-order valence-electron chi connectivity index (χ2n) is 8.93. The van der Waals surface area contributed by atoms with Gasteiger partial charge in [-0.15, -0.1) is 0 Å². The third-order valence-electron chi connectivity index (χ3n) is 6.20. The molecule has 1 fully saturated rings. The van der Waals surface area contributed by atoms with Crippen molar-refractivity contribution in [3.05, 3.63) is 69.8 Å². The number of methoxy groups -OCH3 is 2. The number of carbonyl (C=O) groups excluding carboxylic acids is 1. The van der Waals surface area contributed by atoms with Crippen molar-refractivity contribution in [3.63, 3.8) is 0 Å². The zero-order valence-corrected chi connectivity index (χ0v) is 22.0. The number of allylic oxidation sites excluding steroid dienone is 6. The number of hydrogen-bond donors (Lipinski definition) is 3. The van der Waals surface area contributed by atoms with Crippen molar-refractivity contribution in [3.8, 4) is 5.75 Å². The molecule has 0 unspecified atom stereocenters. The predicted molar refractivity (Wildman–Crippen MR) is 138 cm³/mol. The summed E-state index contributed by atoms with van der Waals surface area (Å²) in [6.07, 6.45) is 4.54. The van der Waals surface area contributed by atoms with Gasteiger partial charge in [-0.2, -0.15) is 0 Å². The fourth-order valence-electron chi connectivity index (χ4n) is 3.84. The molecule has 1 aliphatic heterocycles. The van der Waals surface area contributed by atoms with Crippen LogP contribution in [0.1, 0.15) is 36.1 Å². The molecule has 0 bridgehead atoms. The molecule has 1 aromatic carbocycles. The largest absolute Gasteiger partial charge is 0.496 e. The lowest BCUT2D eigenvalue weighted by Gasteiger charge is -2.39. The minimum atomic E-state index is -1.47. The lowest BCUT2D eigenvalue weighted by atomic mass is 9.96. The molecule has 0 radical (unpaired) electrons. The van der Waals surface area contributed by atoms with Crippen LogP contribution in [0, 0.1) is 20.8 Å². The number of ether oxygens (including phenoxy) is 4. The average Bonchev–Trinajstić information content (AvgIpc) is 2.84. The molecule has 0 amide bonds. The quantitative estimate of drug-likeness (QED) is 0.268. The zero-order chi connectivity index (χ0) is 27.0. The first-order chi connectivity index (χ1) is 17.0. The van der Waals surface area contributed by atoms with Crippen LogP contribution in [0.4, 0.5) is 0 Å². The monoisotopic (exact) mass is 502 g/mol. The highest BCUT2D eigenvalue weighted by atomic mass is 16.7. The molecule has 0 aromatic heterocycles. The molecule has 8 nitrogen and oxygen atoms in total. The van der Waals surface area contributed by atoms with Crippen LogP contribution in [0.25, 0.3) is 6.08 Å². The minimum absolute atomic E-state index is 0.301. The first-order valence-corrected chi connectivity index (χ1v) is 11.8. The summed E-state index contributed by atoms with van der Waals surface area (Å²) >= 11 is 0. The van der Waals surface area contributed by atoms with Crippen LogP contribution in [0.2, 0.25) is 0 Å². The number of carbonyl (C=O) groups is 1. The van der Waals surface area contributed by atoms with Gasteiger partial charge in [0.2, 0.25) is 0 Å². The standard InChI is InChI=1S/C28H38O8/c1-16(11-12-21-18(3)14-22(33-6)20(5)19(21)4)9-8-10-17(2)13-24(29)35-15-23-25(30)26(31)27(32)28(34-7)36-23/h8-14,23,25-28,30-32H,15H2,1-7H3/b10-8+,12-11+,16-9+,17-13+/t23-,25-,26+,27-,28+/m1/s1. The molecule has 5 atom stereocenters. The van der Waals surface area contributed by atoms with Gasteiger partial charge >= 0.3 is 5.97 Å². The first-order valence-electron chi connectivity index (χ1n) is 11.8. The van der Waals surface area contributed by atoms with Crippen molar-refractivity contribution in [2.45, 2.75) is 65.3 Å². The second-order valence-corrected chi connectivity index (χ2v) is 8.93. The lowest BCUT2D eigenvalue weighted by molar-refractivity contribution is -0.294. The van der Waals surface area contributed by atoms with Crippen molar-refractivity contribution >= 4 is 12.0 Å². The van der Waals surface area contributed by atoms with Crippen molar-refractivity contribution < 1.29 is 39.1 Å². The number of rotatable bonds is 9. The molecular formula is C28H38O8. The van der Waals surface area contributed by atoms with Gasteiger partial charge in [0.1, 0.15) is 36.8 Å². The van der Waals surface area contributed by atoms with Crippen molar-refractivity contribution in [1.82, 2.24) is 0 Å². The van der Waals surface area contributed by atoms with E-state index in [1.165, 1.54) is 18.7 Å². The van der Waals surface area contributed by atoms with E-state index in [4.69, 9.17) is 18.9 Å². The number of aliphatic hydroxyl groups excluding tert-OH is 3. The highest BCUT2D eigenvalue weighted by molar-refractivity contribution is 5.83. The number of aliphatic hydroxyl groups is 3. The van der Waals surface area contributed by atoms with Crippen molar-refractivity contribution in [2.75, 3.05) is 20.8 Å². The van der Waals surface area contributed by atoms with Gasteiger partial charge in [-0.3, -0.25) is 0 Å². The first kappa shape index (κ1) is 29.5. The summed E-state index contributed by atoms with van der Waals surface area (Å²) in [5, 5.41) is 29.7. The number of esters is 1. The Morgan fingerprint density at radius 3 is 2.33 bits per heavy atom. The predicted octanol–water partition coefficient (Wildman–Crippen LogP) is 3.08. The van der Waals surface area contributed by atoms with E-state index in [1.807, 2.05) is 38.1 Å². The number of benzene rings is 1. The third-order valence-corrected chi connectivity index (χ3v) is 6.20. The van der Waals surface area contributed by atoms with Crippen LogP contribution in [0.3, 0.4) is 0 Å². The highest BCUT2D eigenvalue weighted by Crippen LogP contribution is 2.28. The topological polar surface area (TPSA) is 115 Å². The Bertz CT molecular complexity index is 1030. The summed E-state index contributed by atoms with van der Waals surface area (Å²) in [6.45, 7) is 9.64. The highest BCUT2D eigenvalue weighted by Gasteiger charge is 2.44. The third kappa shape index (κ3) is 7.62. The number of hydrogen-bond acceptors (Lipinski definition) is 8. The van der Waals surface area contributed by atoms with E-state index < -0.39 is 36.7 Å². The Kier molecular flexibility index (Phi) is 11.1. The minimum Gasteiger partial charge on any atom is -0.496 e. The molecule has 0 aliphatic carbocycles. The molecule has 198 valence electrons. The molecule has 3 N–H and O–H groups in total. The van der Waals surface area contributed by atoms with E-state index in [2.05, 4.69) is 19.9 Å². The summed E-state index contributed by atoms with van der Waals surface area (Å²) in [4.78, 5) is 12.1. The number of aryl methyl sites for hydroxylation is 1. The lowest BCUT2D eigenvalue weighted by Crippen LogP contribution is -2.59. The Morgan fingerprint density at radius 2 is 1.69 bits per heavy atom. The summed E-state index contributed by atoms with van der Waals surface area (Å²) in [6, 6.07) is 2.04. The normalized spacial score (nSPS) is 25.6. The van der Waals surface area contributed by atoms with Gasteiger partial charge < -0.3 is 34.3 Å². The fraction of sp³-hybridized carbons (Fsp3) is 0.464. The van der Waals surface area contributed by atoms with E-state index in [9.17, 15) is 20.1 Å². The Labute approximate surface area is 213 Å². The summed E-state index contributed by atoms with van der Waals surface area (Å²) in [5.74, 6) is 0.264. The maximum atomic E-state index is 12.1. The fourth-order valence-corrected chi connectivity index (χ4v) is 3.84. The molecule has 1 heterocycles. The zero-order valence-electron chi connectivity index (χ0n) is 22.0. The van der Waals surface area contributed by atoms with Crippen LogP contribution in [-0.4, -0.2) is 72.8 Å². The van der Waals surface area contributed by atoms with Gasteiger partial charge in [0.25, 0.3) is 0 Å². The van der Waals surface area contributed by atoms with Crippen molar-refractivity contribution in [2.24, 2.45) is 0 Å². The Hall–Kier alpha value is -2.75. The SMILES string of the molecule is COc1cc(C)c(/C=C/C(C)=C/C=C/C(C)=C/C(=O)OC[C@H]2O[C@H](OC)[C@H](O)[C@@H](O)[C@@H]2O)c(C)c1C. The van der Waals surface area contributed by atoms with Gasteiger partial charge in [-0.1, -0.05) is 36.0 Å². The van der Waals surface area contributed by atoms with Crippen LogP contribution in [0.15, 0.2) is 47.6 Å². The van der Waals surface area contributed by atoms with Crippen LogP contribution >= 0.6 is 0 Å². The van der Waals surface area contributed by atoms with E-state index in [0.717, 1.165) is 28.0 Å². The van der Waals surface area contributed by atoms with Gasteiger partial charge in [-0.05, 0) is 68.5 Å². The summed E-state index contributed by atoms with van der Waals surface area (Å²) in [7, 11) is 2.98. The molecule has 2 rings (SSSR count). The Balaban J connectivity index is 1.95. The molecule has 1 aliphatic rings. The molecule has 1 aromatic rings. The molecule has 36 heavy (non-hydrogen) atoms. The van der Waals surface area contributed by atoms with E-state index in [1.54, 1.807) is 20.1 Å². The van der Waals surface area contributed by atoms with E-state index >= 15 is 0 Å². The molecule has 8 heteroatoms. The van der Waals surface area contributed by atoms with Gasteiger partial charge in [0.15, 0.2) is 6.29 Å². The van der Waals surface area contributed by atoms with E-state index in [-0.39, 0.29) is 6.61 Å². The maximum Gasteiger partial charge on any atom is 0.331 e. The van der Waals surface area contributed by atoms with Crippen LogP contribution < -0.4 is 4.74 Å². The van der Waals surface area contributed by atoms with Gasteiger partial charge in [-0.25, -0.2) is 4.79 Å². The molecule has 0 saturated carbocycles. The maximum absolute atomic E-state index is 12.1. The van der Waals surface area contributed by atoms with Crippen LogP contribution in [0.5, 0.6) is 5.75 Å².